The molecule has 0 radical (unpaired) electrons. The fourth-order valence-corrected chi connectivity index (χ4v) is 1.65. The molecule has 0 atom stereocenters. The van der Waals surface area contributed by atoms with Gasteiger partial charge in [-0.3, -0.25) is 5.32 Å². The second-order valence-corrected chi connectivity index (χ2v) is 5.01. The van der Waals surface area contributed by atoms with Gasteiger partial charge in [-0.1, -0.05) is 26.8 Å². The maximum absolute atomic E-state index is 10.7. The van der Waals surface area contributed by atoms with Gasteiger partial charge in [-0.05, 0) is 18.2 Å². The first-order valence-corrected chi connectivity index (χ1v) is 5.41. The molecule has 0 aliphatic heterocycles. The molecule has 2 N–H and O–H groups in total. The number of carboxylic acid groups (broad SMARTS) is 1. The monoisotopic (exact) mass is 233 g/mol. The highest BCUT2D eigenvalue weighted by Gasteiger charge is 2.20. The third-order valence-corrected chi connectivity index (χ3v) is 2.54. The van der Waals surface area contributed by atoms with Gasteiger partial charge < -0.3 is 9.52 Å². The summed E-state index contributed by atoms with van der Waals surface area (Å²) in [5, 5.41) is 11.9. The van der Waals surface area contributed by atoms with Crippen molar-refractivity contribution in [2.24, 2.45) is 0 Å². The van der Waals surface area contributed by atoms with Crippen molar-refractivity contribution in [3.05, 3.63) is 30.0 Å². The largest absolute Gasteiger partial charge is 0.465 e. The summed E-state index contributed by atoms with van der Waals surface area (Å²) in [6.45, 7) is 6.15. The van der Waals surface area contributed by atoms with Crippen molar-refractivity contribution in [3.63, 3.8) is 0 Å². The lowest BCUT2D eigenvalue weighted by molar-refractivity contribution is 0.210. The van der Waals surface area contributed by atoms with Crippen molar-refractivity contribution < 1.29 is 14.3 Å². The van der Waals surface area contributed by atoms with Crippen molar-refractivity contribution in [1.29, 1.82) is 0 Å². The Hall–Kier alpha value is -1.97. The van der Waals surface area contributed by atoms with Gasteiger partial charge in [-0.25, -0.2) is 4.79 Å². The maximum Gasteiger partial charge on any atom is 0.409 e. The van der Waals surface area contributed by atoms with Gasteiger partial charge >= 0.3 is 6.09 Å². The van der Waals surface area contributed by atoms with Crippen LogP contribution in [0.3, 0.4) is 0 Å². The fraction of sp³-hybridized carbons (Fsp3) is 0.308. The van der Waals surface area contributed by atoms with Crippen molar-refractivity contribution >= 4 is 22.7 Å². The number of nitrogens with one attached hydrogen (secondary N) is 1. The van der Waals surface area contributed by atoms with E-state index in [-0.39, 0.29) is 5.41 Å². The van der Waals surface area contributed by atoms with Crippen LogP contribution >= 0.6 is 0 Å². The van der Waals surface area contributed by atoms with Gasteiger partial charge in [0.05, 0.1) is 5.69 Å². The van der Waals surface area contributed by atoms with E-state index in [1.165, 1.54) is 0 Å². The third kappa shape index (κ3) is 2.25. The topological polar surface area (TPSA) is 62.5 Å². The molecule has 0 aliphatic rings. The molecular weight excluding hydrogens is 218 g/mol. The van der Waals surface area contributed by atoms with Crippen LogP contribution < -0.4 is 5.32 Å². The normalized spacial score (nSPS) is 11.7. The van der Waals surface area contributed by atoms with Gasteiger partial charge in [-0.2, -0.15) is 0 Å². The van der Waals surface area contributed by atoms with Crippen LogP contribution in [-0.4, -0.2) is 11.2 Å². The number of rotatable bonds is 1. The summed E-state index contributed by atoms with van der Waals surface area (Å²) in [4.78, 5) is 10.7. The van der Waals surface area contributed by atoms with Gasteiger partial charge in [0, 0.05) is 10.8 Å². The smallest absolute Gasteiger partial charge is 0.409 e. The van der Waals surface area contributed by atoms with Gasteiger partial charge in [0.15, 0.2) is 0 Å². The highest BCUT2D eigenvalue weighted by Crippen LogP contribution is 2.32. The van der Waals surface area contributed by atoms with Crippen LogP contribution in [0.1, 0.15) is 26.5 Å². The van der Waals surface area contributed by atoms with Crippen molar-refractivity contribution in [3.8, 4) is 0 Å². The van der Waals surface area contributed by atoms with E-state index in [1.54, 1.807) is 12.1 Å². The molecule has 4 heteroatoms. The Morgan fingerprint density at radius 1 is 1.35 bits per heavy atom. The lowest BCUT2D eigenvalue weighted by Crippen LogP contribution is -2.09. The number of benzene rings is 1. The Morgan fingerprint density at radius 3 is 2.65 bits per heavy atom. The van der Waals surface area contributed by atoms with Crippen LogP contribution in [0.25, 0.3) is 11.0 Å². The number of amides is 1. The number of anilines is 1. The van der Waals surface area contributed by atoms with Gasteiger partial charge in [-0.15, -0.1) is 0 Å². The minimum absolute atomic E-state index is 0.0977. The minimum Gasteiger partial charge on any atom is -0.465 e. The highest BCUT2D eigenvalue weighted by atomic mass is 16.4. The Kier molecular flexibility index (Phi) is 2.58. The summed E-state index contributed by atoms with van der Waals surface area (Å²) in [5.41, 5.74) is 1.15. The molecule has 0 unspecified atom stereocenters. The molecule has 2 aromatic rings. The second-order valence-electron chi connectivity index (χ2n) is 5.01. The molecule has 4 nitrogen and oxygen atoms in total. The molecule has 1 amide bonds. The highest BCUT2D eigenvalue weighted by molar-refractivity contribution is 5.98. The second kappa shape index (κ2) is 3.80. The van der Waals surface area contributed by atoms with E-state index in [0.29, 0.717) is 11.3 Å². The zero-order chi connectivity index (χ0) is 12.6. The van der Waals surface area contributed by atoms with Crippen molar-refractivity contribution in [2.45, 2.75) is 26.2 Å². The molecule has 90 valence electrons. The van der Waals surface area contributed by atoms with E-state index in [4.69, 9.17) is 9.52 Å². The van der Waals surface area contributed by atoms with E-state index in [0.717, 1.165) is 11.1 Å². The number of hydrogen-bond acceptors (Lipinski definition) is 2. The number of fused-ring (bicyclic) bond motifs is 1. The zero-order valence-corrected chi connectivity index (χ0v) is 10.1. The van der Waals surface area contributed by atoms with E-state index >= 15 is 0 Å². The molecule has 2 rings (SSSR count). The first-order valence-electron chi connectivity index (χ1n) is 5.41. The molecule has 0 fully saturated rings. The quantitative estimate of drug-likeness (QED) is 0.787. The summed E-state index contributed by atoms with van der Waals surface area (Å²) in [6, 6.07) is 7.21. The fourth-order valence-electron chi connectivity index (χ4n) is 1.65. The molecule has 0 saturated carbocycles. The van der Waals surface area contributed by atoms with Crippen LogP contribution in [0.5, 0.6) is 0 Å². The average molecular weight is 233 g/mol. The molecule has 1 aromatic heterocycles. The molecule has 0 saturated heterocycles. The Balaban J connectivity index is 2.57. The van der Waals surface area contributed by atoms with E-state index in [2.05, 4.69) is 26.1 Å². The SMILES string of the molecule is CC(C)(C)c1cc2c(NC(=O)O)cccc2o1. The average Bonchev–Trinajstić information content (AvgIpc) is 2.60. The first-order chi connectivity index (χ1) is 7.88. The molecule has 0 bridgehead atoms. The standard InChI is InChI=1S/C13H15NO3/c1-13(2,3)11-7-8-9(14-12(15)16)5-4-6-10(8)17-11/h4-7,14H,1-3H3,(H,15,16). The van der Waals surface area contributed by atoms with Gasteiger partial charge in [0.25, 0.3) is 0 Å². The molecule has 1 heterocycles. The predicted octanol–water partition coefficient (Wildman–Crippen LogP) is 3.82. The summed E-state index contributed by atoms with van der Waals surface area (Å²) in [5.74, 6) is 0.840. The van der Waals surface area contributed by atoms with E-state index in [1.807, 2.05) is 12.1 Å². The Bertz CT molecular complexity index is 564. The third-order valence-electron chi connectivity index (χ3n) is 2.54. The lowest BCUT2D eigenvalue weighted by atomic mass is 9.93. The van der Waals surface area contributed by atoms with Gasteiger partial charge in [0.1, 0.15) is 11.3 Å². The summed E-state index contributed by atoms with van der Waals surface area (Å²) >= 11 is 0. The number of carbonyl (C=O) groups is 1. The molecule has 17 heavy (non-hydrogen) atoms. The zero-order valence-electron chi connectivity index (χ0n) is 10.1. The lowest BCUT2D eigenvalue weighted by Gasteiger charge is -2.13. The molecule has 0 spiro atoms. The van der Waals surface area contributed by atoms with Crippen LogP contribution in [0, 0.1) is 0 Å². The minimum atomic E-state index is -1.07. The van der Waals surface area contributed by atoms with Gasteiger partial charge in [0.2, 0.25) is 0 Å². The summed E-state index contributed by atoms with van der Waals surface area (Å²) < 4.78 is 5.72. The number of furan rings is 1. The Labute approximate surface area is 99.2 Å². The predicted molar refractivity (Wildman–Crippen MR) is 66.6 cm³/mol. The van der Waals surface area contributed by atoms with Crippen LogP contribution in [0.4, 0.5) is 10.5 Å². The summed E-state index contributed by atoms with van der Waals surface area (Å²) in [7, 11) is 0. The van der Waals surface area contributed by atoms with E-state index in [9.17, 15) is 4.79 Å². The number of hydrogen-bond donors (Lipinski definition) is 2. The first kappa shape index (κ1) is 11.5. The molecular formula is C13H15NO3. The van der Waals surface area contributed by atoms with Crippen molar-refractivity contribution in [1.82, 2.24) is 0 Å². The van der Waals surface area contributed by atoms with E-state index < -0.39 is 6.09 Å². The van der Waals surface area contributed by atoms with Crippen LogP contribution in [-0.2, 0) is 5.41 Å². The molecule has 1 aromatic carbocycles. The molecule has 0 aliphatic carbocycles. The Morgan fingerprint density at radius 2 is 2.06 bits per heavy atom. The maximum atomic E-state index is 10.7. The van der Waals surface area contributed by atoms with Crippen LogP contribution in [0.2, 0.25) is 0 Å². The van der Waals surface area contributed by atoms with Crippen molar-refractivity contribution in [2.75, 3.05) is 5.32 Å². The van der Waals surface area contributed by atoms with Crippen LogP contribution in [0.15, 0.2) is 28.7 Å². The summed E-state index contributed by atoms with van der Waals surface area (Å²) in [6.07, 6.45) is -1.07.